The molecule has 0 spiro atoms. The maximum Gasteiger partial charge on any atom is 0.222 e. The Labute approximate surface area is 192 Å². The molecule has 1 aromatic carbocycles. The largest absolute Gasteiger partial charge is 0.327 e. The molecule has 31 heavy (non-hydrogen) atoms. The van der Waals surface area contributed by atoms with Crippen molar-refractivity contribution in [2.45, 2.75) is 43.2 Å². The summed E-state index contributed by atoms with van der Waals surface area (Å²) in [5.41, 5.74) is 2.13. The van der Waals surface area contributed by atoms with Crippen molar-refractivity contribution in [2.75, 3.05) is 0 Å². The third-order valence-electron chi connectivity index (χ3n) is 4.71. The van der Waals surface area contributed by atoms with Crippen molar-refractivity contribution in [3.63, 3.8) is 0 Å². The summed E-state index contributed by atoms with van der Waals surface area (Å²) in [5.74, 6) is -0.212. The van der Waals surface area contributed by atoms with Crippen molar-refractivity contribution < 1.29 is 13.2 Å². The molecule has 0 aliphatic rings. The van der Waals surface area contributed by atoms with Gasteiger partial charge < -0.3 is 4.57 Å². The molecule has 2 heterocycles. The van der Waals surface area contributed by atoms with E-state index in [2.05, 4.69) is 4.98 Å². The van der Waals surface area contributed by atoms with Crippen molar-refractivity contribution in [3.8, 4) is 0 Å². The maximum atomic E-state index is 13.8. The average Bonchev–Trinajstić information content (AvgIpc) is 3.05. The number of carbonyl (C=O) groups is 1. The molecule has 3 aromatic rings. The van der Waals surface area contributed by atoms with E-state index in [1.54, 1.807) is 23.0 Å². The maximum absolute atomic E-state index is 13.8. The molecular formula is C23H22Cl2N2O3S. The van der Waals surface area contributed by atoms with Crippen LogP contribution in [0.15, 0.2) is 64.8 Å². The number of halogens is 2. The quantitative estimate of drug-likeness (QED) is 0.404. The first-order chi connectivity index (χ1) is 14.6. The Kier molecular flexibility index (Phi) is 7.04. The second-order valence-electron chi connectivity index (χ2n) is 7.48. The number of hydrogen-bond donors (Lipinski definition) is 0. The molecule has 0 unspecified atom stereocenters. The lowest BCUT2D eigenvalue weighted by Gasteiger charge is -2.16. The Balaban J connectivity index is 2.31. The van der Waals surface area contributed by atoms with Gasteiger partial charge in [-0.2, -0.15) is 0 Å². The lowest BCUT2D eigenvalue weighted by Crippen LogP contribution is -2.14. The van der Waals surface area contributed by atoms with Gasteiger partial charge in [0.2, 0.25) is 9.84 Å². The predicted octanol–water partition coefficient (Wildman–Crippen LogP) is 5.80. The molecule has 0 saturated carbocycles. The van der Waals surface area contributed by atoms with E-state index in [1.165, 1.54) is 31.2 Å². The monoisotopic (exact) mass is 476 g/mol. The molecule has 0 fully saturated rings. The molecule has 0 aliphatic heterocycles. The predicted molar refractivity (Wildman–Crippen MR) is 123 cm³/mol. The smallest absolute Gasteiger partial charge is 0.222 e. The van der Waals surface area contributed by atoms with E-state index in [0.717, 1.165) is 5.56 Å². The van der Waals surface area contributed by atoms with Gasteiger partial charge in [-0.15, -0.1) is 0 Å². The number of benzene rings is 1. The second-order valence-corrected chi connectivity index (χ2v) is 10.2. The first kappa shape index (κ1) is 23.3. The summed E-state index contributed by atoms with van der Waals surface area (Å²) >= 11 is 12.2. The van der Waals surface area contributed by atoms with Gasteiger partial charge in [-0.25, -0.2) is 8.42 Å². The summed E-state index contributed by atoms with van der Waals surface area (Å²) in [6.07, 6.45) is 6.37. The average molecular weight is 477 g/mol. The minimum absolute atomic E-state index is 0.0167. The highest BCUT2D eigenvalue weighted by Gasteiger charge is 2.29. The van der Waals surface area contributed by atoms with Gasteiger partial charge in [0.25, 0.3) is 0 Å². The van der Waals surface area contributed by atoms with Crippen LogP contribution in [0.25, 0.3) is 6.08 Å². The Morgan fingerprint density at radius 1 is 1.10 bits per heavy atom. The van der Waals surface area contributed by atoms with Crippen molar-refractivity contribution >= 4 is 44.9 Å². The van der Waals surface area contributed by atoms with Crippen molar-refractivity contribution in [1.29, 1.82) is 0 Å². The normalized spacial score (nSPS) is 12.1. The number of carbonyl (C=O) groups excluding carboxylic acids is 1. The van der Waals surface area contributed by atoms with Crippen LogP contribution in [0.1, 0.15) is 43.5 Å². The van der Waals surface area contributed by atoms with E-state index >= 15 is 0 Å². The summed E-state index contributed by atoms with van der Waals surface area (Å²) in [6.45, 7) is 5.58. The molecule has 2 aromatic heterocycles. The first-order valence-electron chi connectivity index (χ1n) is 9.61. The zero-order valence-corrected chi connectivity index (χ0v) is 19.7. The van der Waals surface area contributed by atoms with Crippen LogP contribution in [0.5, 0.6) is 0 Å². The molecule has 3 rings (SSSR count). The number of sulfone groups is 1. The fraction of sp³-hybridized carbons (Fsp3) is 0.217. The van der Waals surface area contributed by atoms with Crippen LogP contribution in [0.3, 0.4) is 0 Å². The van der Waals surface area contributed by atoms with E-state index in [4.69, 9.17) is 23.2 Å². The summed E-state index contributed by atoms with van der Waals surface area (Å²) in [6, 6.07) is 9.72. The number of allylic oxidation sites excluding steroid dienone is 1. The second kappa shape index (κ2) is 9.39. The van der Waals surface area contributed by atoms with Gasteiger partial charge in [0.05, 0.1) is 4.90 Å². The van der Waals surface area contributed by atoms with Gasteiger partial charge in [0.1, 0.15) is 5.03 Å². The lowest BCUT2D eigenvalue weighted by molar-refractivity contribution is -0.112. The van der Waals surface area contributed by atoms with Gasteiger partial charge in [0.15, 0.2) is 5.78 Å². The molecule has 0 amide bonds. The Hall–Kier alpha value is -2.41. The number of aromatic nitrogens is 2. The van der Waals surface area contributed by atoms with E-state index in [0.29, 0.717) is 11.3 Å². The third kappa shape index (κ3) is 5.26. The van der Waals surface area contributed by atoms with E-state index in [9.17, 15) is 13.2 Å². The molecular weight excluding hydrogens is 455 g/mol. The first-order valence-corrected chi connectivity index (χ1v) is 11.9. The minimum Gasteiger partial charge on any atom is -0.327 e. The molecule has 0 bridgehead atoms. The molecule has 162 valence electrons. The van der Waals surface area contributed by atoms with Gasteiger partial charge in [0, 0.05) is 34.7 Å². The van der Waals surface area contributed by atoms with E-state index in [-0.39, 0.29) is 38.2 Å². The molecule has 0 radical (unpaired) electrons. The highest BCUT2D eigenvalue weighted by atomic mass is 35.5. The van der Waals surface area contributed by atoms with E-state index < -0.39 is 9.84 Å². The number of pyridine rings is 1. The topological polar surface area (TPSA) is 69.0 Å². The van der Waals surface area contributed by atoms with Crippen LogP contribution in [0.4, 0.5) is 0 Å². The van der Waals surface area contributed by atoms with Crippen LogP contribution in [-0.4, -0.2) is 23.8 Å². The Bertz CT molecular complexity index is 1230. The fourth-order valence-corrected chi connectivity index (χ4v) is 5.76. The number of nitrogens with zero attached hydrogens (tertiary/aromatic N) is 2. The highest BCUT2D eigenvalue weighted by Crippen LogP contribution is 2.35. The molecule has 0 saturated heterocycles. The molecule has 0 aliphatic carbocycles. The van der Waals surface area contributed by atoms with Gasteiger partial charge in [-0.1, -0.05) is 37.0 Å². The molecule has 0 atom stereocenters. The van der Waals surface area contributed by atoms with Crippen LogP contribution in [0.2, 0.25) is 10.0 Å². The van der Waals surface area contributed by atoms with Crippen LogP contribution >= 0.6 is 23.2 Å². The van der Waals surface area contributed by atoms with E-state index in [1.807, 2.05) is 32.0 Å². The molecule has 8 heteroatoms. The van der Waals surface area contributed by atoms with Crippen LogP contribution < -0.4 is 0 Å². The van der Waals surface area contributed by atoms with Gasteiger partial charge in [-0.05, 0) is 72.5 Å². The van der Waals surface area contributed by atoms with Crippen molar-refractivity contribution in [2.24, 2.45) is 0 Å². The zero-order chi connectivity index (χ0) is 22.8. The summed E-state index contributed by atoms with van der Waals surface area (Å²) < 4.78 is 29.3. The van der Waals surface area contributed by atoms with Crippen LogP contribution in [-0.2, 0) is 21.2 Å². The Morgan fingerprint density at radius 2 is 1.71 bits per heavy atom. The lowest BCUT2D eigenvalue weighted by atomic mass is 10.1. The summed E-state index contributed by atoms with van der Waals surface area (Å²) in [7, 11) is -3.97. The Morgan fingerprint density at radius 3 is 2.26 bits per heavy atom. The number of ketones is 1. The molecule has 5 nitrogen and oxygen atoms in total. The van der Waals surface area contributed by atoms with Crippen molar-refractivity contribution in [3.05, 3.63) is 81.7 Å². The zero-order valence-electron chi connectivity index (χ0n) is 17.3. The third-order valence-corrected chi connectivity index (χ3v) is 6.97. The van der Waals surface area contributed by atoms with Gasteiger partial charge in [-0.3, -0.25) is 9.78 Å². The minimum atomic E-state index is -3.97. The SMILES string of the molecule is CC(=O)C=Cc1cc(C(C)C)c(S(=O)(=O)c2cc(Cl)cc(Cl)c2)n1Cc1ccncc1. The fourth-order valence-electron chi connectivity index (χ4n) is 3.26. The van der Waals surface area contributed by atoms with Crippen LogP contribution in [0, 0.1) is 0 Å². The number of hydrogen-bond acceptors (Lipinski definition) is 4. The molecule has 0 N–H and O–H groups in total. The highest BCUT2D eigenvalue weighted by molar-refractivity contribution is 7.91. The van der Waals surface area contributed by atoms with Gasteiger partial charge >= 0.3 is 0 Å². The van der Waals surface area contributed by atoms with Crippen molar-refractivity contribution in [1.82, 2.24) is 9.55 Å². The summed E-state index contributed by atoms with van der Waals surface area (Å²) in [4.78, 5) is 15.6. The standard InChI is InChI=1S/C23H22Cl2N2O3S/c1-15(2)22-13-20(5-4-16(3)28)27(14-17-6-8-26-9-7-17)23(22)31(29,30)21-11-18(24)10-19(25)12-21/h4-13,15H,14H2,1-3H3. The summed E-state index contributed by atoms with van der Waals surface area (Å²) in [5, 5.41) is 0.628. The number of rotatable bonds is 7.